The van der Waals surface area contributed by atoms with Crippen LogP contribution in [0.4, 0.5) is 0 Å². The maximum atomic E-state index is 12.7. The maximum Gasteiger partial charge on any atom is 0.282 e. The van der Waals surface area contributed by atoms with Crippen LogP contribution in [0.3, 0.4) is 0 Å². The highest BCUT2D eigenvalue weighted by atomic mass is 32.1. The Bertz CT molecular complexity index is 911. The van der Waals surface area contributed by atoms with Gasteiger partial charge >= 0.3 is 0 Å². The first-order valence-electron chi connectivity index (χ1n) is 7.29. The van der Waals surface area contributed by atoms with Gasteiger partial charge in [0.15, 0.2) is 0 Å². The molecular weight excluding hydrogens is 296 g/mol. The second kappa shape index (κ2) is 5.46. The molecule has 22 heavy (non-hydrogen) atoms. The summed E-state index contributed by atoms with van der Waals surface area (Å²) >= 11 is 1.65. The van der Waals surface area contributed by atoms with Crippen LogP contribution in [0, 0.1) is 0 Å². The molecule has 0 aromatic carbocycles. The van der Waals surface area contributed by atoms with E-state index in [2.05, 4.69) is 15.1 Å². The number of aryl methyl sites for hydroxylation is 2. The summed E-state index contributed by atoms with van der Waals surface area (Å²) in [5, 5.41) is 5.01. The molecule has 0 aliphatic heterocycles. The molecule has 0 spiro atoms. The van der Waals surface area contributed by atoms with Crippen LogP contribution in [-0.2, 0) is 12.8 Å². The van der Waals surface area contributed by atoms with Crippen molar-refractivity contribution < 1.29 is 0 Å². The normalized spacial score (nSPS) is 14.5. The zero-order chi connectivity index (χ0) is 14.9. The zero-order valence-electron chi connectivity index (χ0n) is 11.9. The fraction of sp³-hybridized carbons (Fsp3) is 0.250. The van der Waals surface area contributed by atoms with Crippen molar-refractivity contribution >= 4 is 27.8 Å². The Morgan fingerprint density at radius 3 is 2.91 bits per heavy atom. The Balaban J connectivity index is 1.81. The minimum atomic E-state index is -0.0743. The third-order valence-electron chi connectivity index (χ3n) is 3.90. The molecule has 4 rings (SSSR count). The van der Waals surface area contributed by atoms with Crippen LogP contribution in [0.15, 0.2) is 40.7 Å². The first kappa shape index (κ1) is 13.3. The number of pyridine rings is 1. The van der Waals surface area contributed by atoms with E-state index in [0.717, 1.165) is 35.0 Å². The number of hydrogen-bond acceptors (Lipinski definition) is 5. The molecule has 0 fully saturated rings. The average Bonchev–Trinajstić information content (AvgIpc) is 2.94. The van der Waals surface area contributed by atoms with E-state index in [4.69, 9.17) is 0 Å². The number of hydrogen-bond donors (Lipinski definition) is 0. The van der Waals surface area contributed by atoms with E-state index in [1.807, 2.05) is 12.1 Å². The molecule has 3 aromatic rings. The van der Waals surface area contributed by atoms with Gasteiger partial charge in [-0.1, -0.05) is 0 Å². The van der Waals surface area contributed by atoms with Gasteiger partial charge in [0.05, 0.1) is 11.6 Å². The molecule has 6 heteroatoms. The van der Waals surface area contributed by atoms with Crippen molar-refractivity contribution in [2.75, 3.05) is 0 Å². The van der Waals surface area contributed by atoms with Crippen molar-refractivity contribution in [3.05, 3.63) is 57.2 Å². The van der Waals surface area contributed by atoms with E-state index in [0.29, 0.717) is 0 Å². The Labute approximate surface area is 131 Å². The number of rotatable bonds is 2. The molecule has 3 aromatic heterocycles. The Morgan fingerprint density at radius 1 is 1.23 bits per heavy atom. The van der Waals surface area contributed by atoms with Crippen LogP contribution >= 0.6 is 11.3 Å². The summed E-state index contributed by atoms with van der Waals surface area (Å²) in [6, 6.07) is 3.68. The Kier molecular flexibility index (Phi) is 3.31. The van der Waals surface area contributed by atoms with E-state index in [1.165, 1.54) is 27.9 Å². The van der Waals surface area contributed by atoms with Crippen molar-refractivity contribution in [2.45, 2.75) is 25.7 Å². The van der Waals surface area contributed by atoms with Gasteiger partial charge in [-0.05, 0) is 48.9 Å². The Hall–Kier alpha value is -2.34. The number of aromatic nitrogens is 3. The Morgan fingerprint density at radius 2 is 2.05 bits per heavy atom. The minimum Gasteiger partial charge on any atom is -0.267 e. The molecule has 5 nitrogen and oxygen atoms in total. The number of thiophene rings is 1. The second-order valence-electron chi connectivity index (χ2n) is 5.31. The molecule has 0 unspecified atom stereocenters. The molecule has 0 atom stereocenters. The second-order valence-corrected chi connectivity index (χ2v) is 6.39. The summed E-state index contributed by atoms with van der Waals surface area (Å²) in [5.74, 6) is 0. The van der Waals surface area contributed by atoms with Crippen molar-refractivity contribution in [1.29, 1.82) is 0 Å². The standard InChI is InChI=1S/C16H14N4OS/c21-16-14-12-3-1-2-4-13(12)22-15(14)18-10-20(16)19-9-11-5-7-17-8-6-11/h5-10H,1-4H2/b19-9-. The van der Waals surface area contributed by atoms with Gasteiger partial charge in [0.2, 0.25) is 0 Å². The van der Waals surface area contributed by atoms with Gasteiger partial charge in [-0.2, -0.15) is 9.78 Å². The fourth-order valence-corrected chi connectivity index (χ4v) is 4.02. The van der Waals surface area contributed by atoms with Gasteiger partial charge < -0.3 is 0 Å². The van der Waals surface area contributed by atoms with Gasteiger partial charge in [0.25, 0.3) is 5.56 Å². The van der Waals surface area contributed by atoms with E-state index in [1.54, 1.807) is 29.9 Å². The zero-order valence-corrected chi connectivity index (χ0v) is 12.7. The van der Waals surface area contributed by atoms with Crippen molar-refractivity contribution in [1.82, 2.24) is 14.6 Å². The molecule has 0 amide bonds. The minimum absolute atomic E-state index is 0.0743. The highest BCUT2D eigenvalue weighted by Crippen LogP contribution is 2.33. The van der Waals surface area contributed by atoms with Gasteiger partial charge in [0.1, 0.15) is 11.2 Å². The van der Waals surface area contributed by atoms with Gasteiger partial charge in [-0.25, -0.2) is 4.98 Å². The van der Waals surface area contributed by atoms with Crippen LogP contribution in [0.5, 0.6) is 0 Å². The lowest BCUT2D eigenvalue weighted by Crippen LogP contribution is -2.18. The first-order valence-corrected chi connectivity index (χ1v) is 8.11. The fourth-order valence-electron chi connectivity index (χ4n) is 2.80. The third-order valence-corrected chi connectivity index (χ3v) is 5.10. The molecule has 0 saturated carbocycles. The van der Waals surface area contributed by atoms with Crippen molar-refractivity contribution in [3.8, 4) is 0 Å². The highest BCUT2D eigenvalue weighted by Gasteiger charge is 2.19. The predicted octanol–water partition coefficient (Wildman–Crippen LogP) is 2.61. The molecule has 0 radical (unpaired) electrons. The molecular formula is C16H14N4OS. The summed E-state index contributed by atoms with van der Waals surface area (Å²) in [5.41, 5.74) is 2.02. The molecule has 0 N–H and O–H groups in total. The van der Waals surface area contributed by atoms with Crippen molar-refractivity contribution in [2.24, 2.45) is 5.10 Å². The third kappa shape index (κ3) is 2.25. The summed E-state index contributed by atoms with van der Waals surface area (Å²) in [4.78, 5) is 23.2. The lowest BCUT2D eigenvalue weighted by molar-refractivity contribution is 0.699. The van der Waals surface area contributed by atoms with Gasteiger partial charge in [-0.3, -0.25) is 9.78 Å². The number of nitrogens with zero attached hydrogens (tertiary/aromatic N) is 4. The lowest BCUT2D eigenvalue weighted by Gasteiger charge is -2.09. The van der Waals surface area contributed by atoms with Gasteiger partial charge in [0, 0.05) is 17.3 Å². The molecule has 3 heterocycles. The van der Waals surface area contributed by atoms with E-state index < -0.39 is 0 Å². The highest BCUT2D eigenvalue weighted by molar-refractivity contribution is 7.18. The molecule has 0 bridgehead atoms. The smallest absolute Gasteiger partial charge is 0.267 e. The van der Waals surface area contributed by atoms with E-state index in [-0.39, 0.29) is 5.56 Å². The monoisotopic (exact) mass is 310 g/mol. The topological polar surface area (TPSA) is 60.1 Å². The summed E-state index contributed by atoms with van der Waals surface area (Å²) in [7, 11) is 0. The molecule has 1 aliphatic rings. The first-order chi connectivity index (χ1) is 10.8. The molecule has 1 aliphatic carbocycles. The molecule has 110 valence electrons. The van der Waals surface area contributed by atoms with E-state index in [9.17, 15) is 4.79 Å². The quantitative estimate of drug-likeness (QED) is 0.684. The lowest BCUT2D eigenvalue weighted by atomic mass is 9.97. The average molecular weight is 310 g/mol. The van der Waals surface area contributed by atoms with Crippen LogP contribution < -0.4 is 5.56 Å². The number of fused-ring (bicyclic) bond motifs is 3. The summed E-state index contributed by atoms with van der Waals surface area (Å²) in [6.07, 6.45) is 10.9. The summed E-state index contributed by atoms with van der Waals surface area (Å²) in [6.45, 7) is 0. The van der Waals surface area contributed by atoms with Crippen LogP contribution in [-0.4, -0.2) is 20.9 Å². The largest absolute Gasteiger partial charge is 0.282 e. The van der Waals surface area contributed by atoms with Gasteiger partial charge in [-0.15, -0.1) is 11.3 Å². The summed E-state index contributed by atoms with van der Waals surface area (Å²) < 4.78 is 1.32. The van der Waals surface area contributed by atoms with Crippen LogP contribution in [0.25, 0.3) is 10.2 Å². The molecule has 0 saturated heterocycles. The van der Waals surface area contributed by atoms with Crippen LogP contribution in [0.1, 0.15) is 28.8 Å². The predicted molar refractivity (Wildman–Crippen MR) is 87.8 cm³/mol. The maximum absolute atomic E-state index is 12.7. The van der Waals surface area contributed by atoms with Crippen LogP contribution in [0.2, 0.25) is 0 Å². The van der Waals surface area contributed by atoms with E-state index >= 15 is 0 Å². The SMILES string of the molecule is O=c1c2c3c(sc2ncn1/N=C\c1ccncc1)CCCC3. The van der Waals surface area contributed by atoms with Crippen molar-refractivity contribution in [3.63, 3.8) is 0 Å².